The average Bonchev–Trinajstić information content (AvgIpc) is 2.29. The van der Waals surface area contributed by atoms with Crippen LogP contribution in [0.3, 0.4) is 0 Å². The van der Waals surface area contributed by atoms with E-state index in [0.29, 0.717) is 6.61 Å². The largest absolute Gasteiger partial charge is 0.465 e. The highest BCUT2D eigenvalue weighted by Gasteiger charge is 2.07. The molecule has 0 amide bonds. The van der Waals surface area contributed by atoms with Crippen molar-refractivity contribution in [1.82, 2.24) is 0 Å². The van der Waals surface area contributed by atoms with Crippen LogP contribution in [-0.2, 0) is 11.2 Å². The van der Waals surface area contributed by atoms with Gasteiger partial charge in [0.05, 0.1) is 6.61 Å². The lowest BCUT2D eigenvalue weighted by atomic mass is 10.1. The first-order chi connectivity index (χ1) is 8.13. The Morgan fingerprint density at radius 3 is 2.71 bits per heavy atom. The maximum absolute atomic E-state index is 5.79. The summed E-state index contributed by atoms with van der Waals surface area (Å²) < 4.78 is 11.3. The molecule has 0 saturated carbocycles. The van der Waals surface area contributed by atoms with Gasteiger partial charge in [-0.3, -0.25) is 0 Å². The van der Waals surface area contributed by atoms with Crippen LogP contribution in [0.5, 0.6) is 5.75 Å². The molecule has 0 heterocycles. The molecule has 0 radical (unpaired) electrons. The molecule has 1 rings (SSSR count). The van der Waals surface area contributed by atoms with Crippen molar-refractivity contribution in [3.63, 3.8) is 0 Å². The molecular weight excluding hydrogens is 212 g/mol. The Hall–Kier alpha value is -1.28. The highest BCUT2D eigenvalue weighted by molar-refractivity contribution is 5.33. The molecule has 0 spiro atoms. The first-order valence-corrected chi connectivity index (χ1v) is 6.14. The van der Waals surface area contributed by atoms with Crippen LogP contribution in [-0.4, -0.2) is 12.9 Å². The smallest absolute Gasteiger partial charge is 0.197 e. The highest BCUT2D eigenvalue weighted by Crippen LogP contribution is 2.21. The lowest BCUT2D eigenvalue weighted by molar-refractivity contribution is -0.0577. The van der Waals surface area contributed by atoms with E-state index in [9.17, 15) is 0 Å². The minimum absolute atomic E-state index is 0.246. The van der Waals surface area contributed by atoms with E-state index in [1.54, 1.807) is 0 Å². The van der Waals surface area contributed by atoms with Gasteiger partial charge in [0.15, 0.2) is 6.29 Å². The van der Waals surface area contributed by atoms with Crippen LogP contribution in [0.2, 0.25) is 0 Å². The van der Waals surface area contributed by atoms with E-state index >= 15 is 0 Å². The van der Waals surface area contributed by atoms with Crippen molar-refractivity contribution in [2.24, 2.45) is 0 Å². The molecule has 0 saturated heterocycles. The van der Waals surface area contributed by atoms with Gasteiger partial charge in [0, 0.05) is 0 Å². The summed E-state index contributed by atoms with van der Waals surface area (Å²) in [6.45, 7) is 10.4. The van der Waals surface area contributed by atoms with Crippen molar-refractivity contribution in [3.05, 3.63) is 42.0 Å². The summed E-state index contributed by atoms with van der Waals surface area (Å²) in [5, 5.41) is 0. The summed E-state index contributed by atoms with van der Waals surface area (Å²) in [7, 11) is 0. The van der Waals surface area contributed by atoms with Crippen molar-refractivity contribution in [2.45, 2.75) is 39.9 Å². The monoisotopic (exact) mass is 234 g/mol. The Kier molecular flexibility index (Phi) is 5.78. The number of rotatable bonds is 7. The van der Waals surface area contributed by atoms with Gasteiger partial charge in [0.2, 0.25) is 0 Å². The highest BCUT2D eigenvalue weighted by atomic mass is 16.7. The van der Waals surface area contributed by atoms with Crippen LogP contribution in [0.1, 0.15) is 32.8 Å². The first-order valence-electron chi connectivity index (χ1n) is 6.14. The van der Waals surface area contributed by atoms with Crippen molar-refractivity contribution < 1.29 is 9.47 Å². The molecule has 0 aliphatic carbocycles. The second-order valence-electron chi connectivity index (χ2n) is 4.31. The molecule has 0 bridgehead atoms. The molecular formula is C15H22O2. The maximum atomic E-state index is 5.79. The summed E-state index contributed by atoms with van der Waals surface area (Å²) in [4.78, 5) is 0. The number of ether oxygens (including phenoxy) is 2. The number of benzene rings is 1. The van der Waals surface area contributed by atoms with Gasteiger partial charge in [0.1, 0.15) is 5.75 Å². The molecule has 0 aliphatic rings. The van der Waals surface area contributed by atoms with E-state index in [-0.39, 0.29) is 6.29 Å². The summed E-state index contributed by atoms with van der Waals surface area (Å²) >= 11 is 0. The van der Waals surface area contributed by atoms with Crippen molar-refractivity contribution in [1.29, 1.82) is 0 Å². The number of hydrogen-bond donors (Lipinski definition) is 0. The van der Waals surface area contributed by atoms with Gasteiger partial charge in [-0.05, 0) is 31.9 Å². The zero-order valence-electron chi connectivity index (χ0n) is 11.0. The average molecular weight is 234 g/mol. The zero-order chi connectivity index (χ0) is 12.7. The Morgan fingerprint density at radius 1 is 1.35 bits per heavy atom. The fourth-order valence-corrected chi connectivity index (χ4v) is 1.57. The molecule has 1 aromatic rings. The number of para-hydroxylation sites is 1. The molecule has 0 fully saturated rings. The van der Waals surface area contributed by atoms with E-state index in [1.807, 2.05) is 32.0 Å². The third kappa shape index (κ3) is 5.05. The quantitative estimate of drug-likeness (QED) is 0.525. The Morgan fingerprint density at radius 2 is 2.06 bits per heavy atom. The fourth-order valence-electron chi connectivity index (χ4n) is 1.57. The van der Waals surface area contributed by atoms with Crippen LogP contribution < -0.4 is 4.74 Å². The molecule has 1 unspecified atom stereocenters. The standard InChI is InChI=1S/C15H22O2/c1-5-8-14-9-6-7-10-15(14)17-13(4)16-11-12(2)3/h6-7,9-10,13H,2,5,8,11H2,1,3-4H3. The van der Waals surface area contributed by atoms with Gasteiger partial charge >= 0.3 is 0 Å². The predicted octanol–water partition coefficient (Wildman–Crippen LogP) is 3.96. The van der Waals surface area contributed by atoms with E-state index in [0.717, 1.165) is 24.2 Å². The van der Waals surface area contributed by atoms with Crippen molar-refractivity contribution >= 4 is 0 Å². The molecule has 1 atom stereocenters. The minimum Gasteiger partial charge on any atom is -0.465 e. The van der Waals surface area contributed by atoms with Gasteiger partial charge < -0.3 is 9.47 Å². The molecule has 1 aromatic carbocycles. The third-order valence-electron chi connectivity index (χ3n) is 2.35. The van der Waals surface area contributed by atoms with Gasteiger partial charge in [-0.25, -0.2) is 0 Å². The fraction of sp³-hybridized carbons (Fsp3) is 0.467. The van der Waals surface area contributed by atoms with E-state index in [4.69, 9.17) is 9.47 Å². The molecule has 0 aliphatic heterocycles. The molecule has 2 heteroatoms. The van der Waals surface area contributed by atoms with E-state index in [2.05, 4.69) is 19.6 Å². The second-order valence-corrected chi connectivity index (χ2v) is 4.31. The van der Waals surface area contributed by atoms with Crippen LogP contribution in [0.4, 0.5) is 0 Å². The lowest BCUT2D eigenvalue weighted by Crippen LogP contribution is -2.18. The zero-order valence-corrected chi connectivity index (χ0v) is 11.0. The van der Waals surface area contributed by atoms with Crippen molar-refractivity contribution in [2.75, 3.05) is 6.61 Å². The predicted molar refractivity (Wildman–Crippen MR) is 71.3 cm³/mol. The summed E-state index contributed by atoms with van der Waals surface area (Å²) in [6, 6.07) is 8.12. The van der Waals surface area contributed by atoms with Crippen molar-refractivity contribution in [3.8, 4) is 5.75 Å². The molecule has 94 valence electrons. The van der Waals surface area contributed by atoms with Crippen LogP contribution in [0.15, 0.2) is 36.4 Å². The SMILES string of the molecule is C=C(C)COC(C)Oc1ccccc1CCC. The van der Waals surface area contributed by atoms with Crippen LogP contribution in [0.25, 0.3) is 0 Å². The van der Waals surface area contributed by atoms with Gasteiger partial charge in [-0.2, -0.15) is 0 Å². The minimum atomic E-state index is -0.246. The second kappa shape index (κ2) is 7.13. The Bertz CT molecular complexity index is 358. The molecule has 17 heavy (non-hydrogen) atoms. The molecule has 0 aromatic heterocycles. The Labute approximate surface area is 104 Å². The van der Waals surface area contributed by atoms with E-state index in [1.165, 1.54) is 5.56 Å². The summed E-state index contributed by atoms with van der Waals surface area (Å²) in [5.41, 5.74) is 2.24. The van der Waals surface area contributed by atoms with E-state index < -0.39 is 0 Å². The molecule has 2 nitrogen and oxygen atoms in total. The maximum Gasteiger partial charge on any atom is 0.197 e. The van der Waals surface area contributed by atoms with Gasteiger partial charge in [-0.1, -0.05) is 43.7 Å². The normalized spacial score (nSPS) is 12.2. The lowest BCUT2D eigenvalue weighted by Gasteiger charge is -2.17. The Balaban J connectivity index is 2.57. The summed E-state index contributed by atoms with van der Waals surface area (Å²) in [5.74, 6) is 0.920. The first kappa shape index (κ1) is 13.8. The topological polar surface area (TPSA) is 18.5 Å². The summed E-state index contributed by atoms with van der Waals surface area (Å²) in [6.07, 6.45) is 1.90. The molecule has 0 N–H and O–H groups in total. The number of aryl methyl sites for hydroxylation is 1. The number of hydrogen-bond acceptors (Lipinski definition) is 2. The van der Waals surface area contributed by atoms with Crippen LogP contribution >= 0.6 is 0 Å². The van der Waals surface area contributed by atoms with Crippen LogP contribution in [0, 0.1) is 0 Å². The van der Waals surface area contributed by atoms with Gasteiger partial charge in [-0.15, -0.1) is 0 Å². The third-order valence-corrected chi connectivity index (χ3v) is 2.35. The van der Waals surface area contributed by atoms with Gasteiger partial charge in [0.25, 0.3) is 0 Å².